The Morgan fingerprint density at radius 3 is 2.89 bits per heavy atom. The first-order valence-corrected chi connectivity index (χ1v) is 8.91. The van der Waals surface area contributed by atoms with E-state index in [1.54, 1.807) is 11.3 Å². The highest BCUT2D eigenvalue weighted by molar-refractivity contribution is 7.99. The summed E-state index contributed by atoms with van der Waals surface area (Å²) in [4.78, 5) is 15.8. The summed E-state index contributed by atoms with van der Waals surface area (Å²) >= 11 is 3.61. The van der Waals surface area contributed by atoms with Crippen molar-refractivity contribution in [1.82, 2.24) is 10.2 Å². The lowest BCUT2D eigenvalue weighted by atomic mass is 10.2. The molecule has 106 valence electrons. The van der Waals surface area contributed by atoms with Gasteiger partial charge in [0.25, 0.3) is 0 Å². The van der Waals surface area contributed by atoms with Crippen LogP contribution in [0.4, 0.5) is 0 Å². The molecule has 0 bridgehead atoms. The molecular weight excluding hydrogens is 276 g/mol. The van der Waals surface area contributed by atoms with Crippen molar-refractivity contribution in [2.24, 2.45) is 0 Å². The Balaban J connectivity index is 2.17. The fraction of sp³-hybridized carbons (Fsp3) is 0.643. The van der Waals surface area contributed by atoms with Crippen LogP contribution in [-0.4, -0.2) is 34.4 Å². The Labute approximate surface area is 123 Å². The van der Waals surface area contributed by atoms with E-state index in [1.807, 2.05) is 16.7 Å². The number of hydrogen-bond donors (Lipinski definition) is 1. The molecule has 1 amide bonds. The third kappa shape index (κ3) is 3.15. The minimum absolute atomic E-state index is 0.0267. The molecule has 1 aromatic rings. The van der Waals surface area contributed by atoms with Gasteiger partial charge in [-0.05, 0) is 30.5 Å². The normalized spacial score (nSPS) is 25.0. The van der Waals surface area contributed by atoms with Gasteiger partial charge in [0, 0.05) is 16.7 Å². The third-order valence-corrected chi connectivity index (χ3v) is 5.50. The van der Waals surface area contributed by atoms with Gasteiger partial charge in [0.2, 0.25) is 5.91 Å². The average molecular weight is 298 g/mol. The van der Waals surface area contributed by atoms with Crippen LogP contribution in [0, 0.1) is 0 Å². The maximum absolute atomic E-state index is 12.5. The van der Waals surface area contributed by atoms with Crippen LogP contribution in [0.1, 0.15) is 38.2 Å². The number of hydrogen-bond acceptors (Lipinski definition) is 4. The summed E-state index contributed by atoms with van der Waals surface area (Å²) in [5, 5.41) is 5.55. The van der Waals surface area contributed by atoms with Gasteiger partial charge in [0.1, 0.15) is 6.17 Å². The van der Waals surface area contributed by atoms with Gasteiger partial charge in [-0.15, -0.1) is 11.3 Å². The van der Waals surface area contributed by atoms with Crippen molar-refractivity contribution in [1.29, 1.82) is 0 Å². The molecule has 2 heterocycles. The molecule has 2 rings (SSSR count). The van der Waals surface area contributed by atoms with E-state index < -0.39 is 0 Å². The van der Waals surface area contributed by atoms with Crippen molar-refractivity contribution < 1.29 is 4.79 Å². The van der Waals surface area contributed by atoms with Gasteiger partial charge in [-0.2, -0.15) is 11.8 Å². The van der Waals surface area contributed by atoms with E-state index >= 15 is 0 Å². The molecule has 0 radical (unpaired) electrons. The molecule has 3 nitrogen and oxygen atoms in total. The van der Waals surface area contributed by atoms with Crippen LogP contribution in [0.3, 0.4) is 0 Å². The van der Waals surface area contributed by atoms with E-state index in [1.165, 1.54) is 4.88 Å². The van der Waals surface area contributed by atoms with Gasteiger partial charge in [0.15, 0.2) is 0 Å². The maximum atomic E-state index is 12.5. The number of thioether (sulfide) groups is 1. The number of nitrogens with zero attached hydrogens (tertiary/aromatic N) is 1. The van der Waals surface area contributed by atoms with Crippen molar-refractivity contribution in [3.63, 3.8) is 0 Å². The molecule has 3 atom stereocenters. The average Bonchev–Trinajstić information content (AvgIpc) is 3.03. The van der Waals surface area contributed by atoms with Crippen LogP contribution in [0.2, 0.25) is 0 Å². The molecule has 0 saturated carbocycles. The monoisotopic (exact) mass is 298 g/mol. The summed E-state index contributed by atoms with van der Waals surface area (Å²) in [6.45, 7) is 6.38. The molecule has 3 unspecified atom stereocenters. The van der Waals surface area contributed by atoms with Gasteiger partial charge in [0.05, 0.1) is 6.04 Å². The number of carbonyl (C=O) groups excluding carboxylic acids is 1. The molecule has 0 spiro atoms. The molecule has 1 saturated heterocycles. The second-order valence-corrected chi connectivity index (χ2v) is 7.10. The summed E-state index contributed by atoms with van der Waals surface area (Å²) in [6.07, 6.45) is 0.912. The van der Waals surface area contributed by atoms with E-state index in [0.29, 0.717) is 0 Å². The van der Waals surface area contributed by atoms with E-state index in [2.05, 4.69) is 43.6 Å². The molecule has 0 aliphatic carbocycles. The van der Waals surface area contributed by atoms with E-state index in [9.17, 15) is 4.79 Å². The largest absolute Gasteiger partial charge is 0.317 e. The highest BCUT2D eigenvalue weighted by atomic mass is 32.2. The van der Waals surface area contributed by atoms with Crippen molar-refractivity contribution in [3.8, 4) is 0 Å². The summed E-state index contributed by atoms with van der Waals surface area (Å²) in [6, 6.07) is 4.41. The number of thiophene rings is 1. The highest BCUT2D eigenvalue weighted by Crippen LogP contribution is 2.31. The first-order valence-electron chi connectivity index (χ1n) is 6.88. The van der Waals surface area contributed by atoms with Gasteiger partial charge in [-0.25, -0.2) is 0 Å². The highest BCUT2D eigenvalue weighted by Gasteiger charge is 2.41. The van der Waals surface area contributed by atoms with E-state index in [4.69, 9.17) is 0 Å². The van der Waals surface area contributed by atoms with E-state index in [-0.39, 0.29) is 24.2 Å². The summed E-state index contributed by atoms with van der Waals surface area (Å²) in [7, 11) is 0. The zero-order valence-corrected chi connectivity index (χ0v) is 13.4. The summed E-state index contributed by atoms with van der Waals surface area (Å²) in [5.74, 6) is 2.35. The Hall–Kier alpha value is -0.520. The molecule has 1 N–H and O–H groups in total. The van der Waals surface area contributed by atoms with Crippen molar-refractivity contribution in [3.05, 3.63) is 22.4 Å². The lowest BCUT2D eigenvalue weighted by molar-refractivity contribution is -0.131. The predicted octanol–water partition coefficient (Wildman–Crippen LogP) is 3.10. The smallest absolute Gasteiger partial charge is 0.241 e. The predicted molar refractivity (Wildman–Crippen MR) is 83.6 cm³/mol. The minimum Gasteiger partial charge on any atom is -0.317 e. The van der Waals surface area contributed by atoms with E-state index in [0.717, 1.165) is 17.9 Å². The van der Waals surface area contributed by atoms with Gasteiger partial charge in [-0.3, -0.25) is 10.1 Å². The maximum Gasteiger partial charge on any atom is 0.241 e. The van der Waals surface area contributed by atoms with Crippen LogP contribution < -0.4 is 5.32 Å². The molecule has 19 heavy (non-hydrogen) atoms. The first-order chi connectivity index (χ1) is 9.19. The fourth-order valence-corrected chi connectivity index (χ4v) is 3.97. The number of carbonyl (C=O) groups is 1. The minimum atomic E-state index is -0.0267. The molecular formula is C14H22N2OS2. The SMILES string of the molecule is CCSCC(C)N1C(=O)C(CC)NC1c1cccs1. The Bertz CT molecular complexity index is 408. The standard InChI is InChI=1S/C14H22N2OS2/c1-4-11-14(17)16(10(3)9-18-5-2)13(15-11)12-7-6-8-19-12/h6-8,10-11,13,15H,4-5,9H2,1-3H3. The lowest BCUT2D eigenvalue weighted by Crippen LogP contribution is -2.39. The Morgan fingerprint density at radius 1 is 1.53 bits per heavy atom. The second-order valence-electron chi connectivity index (χ2n) is 4.80. The van der Waals surface area contributed by atoms with Crippen LogP contribution in [0.5, 0.6) is 0 Å². The zero-order valence-electron chi connectivity index (χ0n) is 11.8. The van der Waals surface area contributed by atoms with Gasteiger partial charge < -0.3 is 4.90 Å². The van der Waals surface area contributed by atoms with Crippen molar-refractivity contribution >= 4 is 29.0 Å². The first kappa shape index (κ1) is 14.9. The molecule has 1 aromatic heterocycles. The van der Waals surface area contributed by atoms with Crippen LogP contribution in [0.25, 0.3) is 0 Å². The third-order valence-electron chi connectivity index (χ3n) is 3.45. The molecule has 1 fully saturated rings. The number of nitrogens with one attached hydrogen (secondary N) is 1. The molecule has 0 aromatic carbocycles. The second kappa shape index (κ2) is 6.77. The van der Waals surface area contributed by atoms with Gasteiger partial charge >= 0.3 is 0 Å². The molecule has 5 heteroatoms. The fourth-order valence-electron chi connectivity index (χ4n) is 2.45. The van der Waals surface area contributed by atoms with Crippen molar-refractivity contribution in [2.75, 3.05) is 11.5 Å². The summed E-state index contributed by atoms with van der Waals surface area (Å²) < 4.78 is 0. The van der Waals surface area contributed by atoms with Crippen LogP contribution in [0.15, 0.2) is 17.5 Å². The lowest BCUT2D eigenvalue weighted by Gasteiger charge is -2.29. The van der Waals surface area contributed by atoms with Crippen LogP contribution >= 0.6 is 23.1 Å². The molecule has 1 aliphatic rings. The zero-order chi connectivity index (χ0) is 13.8. The quantitative estimate of drug-likeness (QED) is 0.876. The number of amides is 1. The summed E-state index contributed by atoms with van der Waals surface area (Å²) in [5.41, 5.74) is 0. The van der Waals surface area contributed by atoms with Crippen LogP contribution in [-0.2, 0) is 4.79 Å². The Morgan fingerprint density at radius 2 is 2.32 bits per heavy atom. The topological polar surface area (TPSA) is 32.3 Å². The molecule has 1 aliphatic heterocycles. The van der Waals surface area contributed by atoms with Gasteiger partial charge in [-0.1, -0.05) is 19.9 Å². The van der Waals surface area contributed by atoms with Crippen molar-refractivity contribution in [2.45, 2.75) is 45.4 Å². The Kier molecular flexibility index (Phi) is 5.30. The number of rotatable bonds is 6.